The Bertz CT molecular complexity index is 698. The Kier molecular flexibility index (Phi) is 3.70. The van der Waals surface area contributed by atoms with E-state index in [4.69, 9.17) is 0 Å². The van der Waals surface area contributed by atoms with Gasteiger partial charge in [-0.05, 0) is 42.9 Å². The summed E-state index contributed by atoms with van der Waals surface area (Å²) in [6.45, 7) is 1.57. The van der Waals surface area contributed by atoms with Gasteiger partial charge in [-0.1, -0.05) is 12.1 Å². The molecule has 1 amide bonds. The second kappa shape index (κ2) is 5.22. The smallest absolute Gasteiger partial charge is 0.344 e. The highest BCUT2D eigenvalue weighted by molar-refractivity contribution is 7.92. The monoisotopic (exact) mass is 347 g/mol. The topological polar surface area (TPSA) is 54.5 Å². The molecule has 1 aliphatic carbocycles. The van der Waals surface area contributed by atoms with Gasteiger partial charge < -0.3 is 4.90 Å². The predicted molar refractivity (Wildman–Crippen MR) is 76.2 cm³/mol. The summed E-state index contributed by atoms with van der Waals surface area (Å²) < 4.78 is 60.0. The van der Waals surface area contributed by atoms with E-state index >= 15 is 0 Å². The van der Waals surface area contributed by atoms with Crippen LogP contribution in [0, 0.1) is 11.3 Å². The van der Waals surface area contributed by atoms with Crippen molar-refractivity contribution >= 4 is 16.2 Å². The highest BCUT2D eigenvalue weighted by atomic mass is 32.2. The van der Waals surface area contributed by atoms with Crippen LogP contribution in [0.2, 0.25) is 0 Å². The Hall–Kier alpha value is -1.57. The number of carbonyl (C=O) groups excluding carboxylic acids is 1. The van der Waals surface area contributed by atoms with Crippen molar-refractivity contribution in [3.8, 4) is 0 Å². The first-order chi connectivity index (χ1) is 10.7. The fourth-order valence-corrected chi connectivity index (χ4v) is 4.49. The van der Waals surface area contributed by atoms with E-state index < -0.39 is 20.2 Å². The molecule has 1 saturated heterocycles. The highest BCUT2D eigenvalue weighted by Gasteiger charge is 2.51. The average molecular weight is 347 g/mol. The second-order valence-electron chi connectivity index (χ2n) is 6.58. The van der Waals surface area contributed by atoms with Gasteiger partial charge in [0.05, 0.1) is 4.90 Å². The van der Waals surface area contributed by atoms with Crippen LogP contribution < -0.4 is 0 Å². The van der Waals surface area contributed by atoms with Crippen molar-refractivity contribution in [1.82, 2.24) is 4.90 Å². The first-order valence-corrected chi connectivity index (χ1v) is 8.73. The molecule has 4 nitrogen and oxygen atoms in total. The van der Waals surface area contributed by atoms with Gasteiger partial charge in [-0.15, -0.1) is 0 Å². The van der Waals surface area contributed by atoms with E-state index in [0.29, 0.717) is 5.92 Å². The summed E-state index contributed by atoms with van der Waals surface area (Å²) in [5, 5.41) is 0. The zero-order valence-corrected chi connectivity index (χ0v) is 13.0. The molecule has 23 heavy (non-hydrogen) atoms. The zero-order valence-electron chi connectivity index (χ0n) is 12.2. The van der Waals surface area contributed by atoms with Crippen LogP contribution in [0.25, 0.3) is 0 Å². The Morgan fingerprint density at radius 2 is 1.74 bits per heavy atom. The van der Waals surface area contributed by atoms with E-state index in [0.717, 1.165) is 56.5 Å². The Balaban J connectivity index is 1.59. The molecule has 3 rings (SSSR count). The molecular weight excluding hydrogens is 331 g/mol. The van der Waals surface area contributed by atoms with E-state index in [2.05, 4.69) is 0 Å². The maximum atomic E-state index is 12.5. The van der Waals surface area contributed by atoms with Gasteiger partial charge in [0.2, 0.25) is 6.41 Å². The molecule has 0 N–H and O–H groups in total. The third kappa shape index (κ3) is 2.84. The van der Waals surface area contributed by atoms with Gasteiger partial charge in [0.25, 0.3) is 9.84 Å². The van der Waals surface area contributed by atoms with Crippen molar-refractivity contribution < 1.29 is 26.4 Å². The van der Waals surface area contributed by atoms with Crippen LogP contribution in [0.3, 0.4) is 0 Å². The van der Waals surface area contributed by atoms with Crippen LogP contribution in [0.1, 0.15) is 18.4 Å². The Morgan fingerprint density at radius 3 is 2.22 bits per heavy atom. The predicted octanol–water partition coefficient (Wildman–Crippen LogP) is 2.39. The summed E-state index contributed by atoms with van der Waals surface area (Å²) in [6, 6.07) is 4.93. The molecule has 2 aliphatic rings. The summed E-state index contributed by atoms with van der Waals surface area (Å²) >= 11 is 0. The number of likely N-dealkylation sites (tertiary alicyclic amines) is 1. The van der Waals surface area contributed by atoms with Crippen LogP contribution >= 0.6 is 0 Å². The molecule has 0 radical (unpaired) electrons. The molecule has 0 bridgehead atoms. The average Bonchev–Trinajstić information content (AvgIpc) is 2.39. The van der Waals surface area contributed by atoms with Crippen LogP contribution in [-0.4, -0.2) is 38.3 Å². The molecule has 1 aromatic rings. The van der Waals surface area contributed by atoms with E-state index in [1.807, 2.05) is 0 Å². The van der Waals surface area contributed by atoms with Gasteiger partial charge in [-0.25, -0.2) is 8.42 Å². The maximum absolute atomic E-state index is 12.5. The van der Waals surface area contributed by atoms with E-state index in [9.17, 15) is 26.4 Å². The van der Waals surface area contributed by atoms with Crippen LogP contribution in [-0.2, 0) is 21.1 Å². The number of hydrogen-bond acceptors (Lipinski definition) is 3. The minimum Gasteiger partial charge on any atom is -0.344 e. The highest BCUT2D eigenvalue weighted by Crippen LogP contribution is 2.52. The summed E-state index contributed by atoms with van der Waals surface area (Å²) in [4.78, 5) is 11.6. The third-order valence-electron chi connectivity index (χ3n) is 4.73. The number of sulfone groups is 1. The molecule has 0 atom stereocenters. The quantitative estimate of drug-likeness (QED) is 0.786. The maximum Gasteiger partial charge on any atom is 0.501 e. The second-order valence-corrected chi connectivity index (χ2v) is 8.52. The number of amides is 1. The summed E-state index contributed by atoms with van der Waals surface area (Å²) in [7, 11) is -5.27. The van der Waals surface area contributed by atoms with E-state index in [1.54, 1.807) is 4.90 Å². The van der Waals surface area contributed by atoms with Crippen molar-refractivity contribution in [3.63, 3.8) is 0 Å². The van der Waals surface area contributed by atoms with Crippen LogP contribution in [0.5, 0.6) is 0 Å². The summed E-state index contributed by atoms with van der Waals surface area (Å²) in [6.07, 6.45) is 3.56. The van der Waals surface area contributed by atoms with Gasteiger partial charge >= 0.3 is 5.51 Å². The summed E-state index contributed by atoms with van der Waals surface area (Å²) in [5.74, 6) is 0.439. The standard InChI is InChI=1S/C15H16F3NO3S/c16-15(17,18)23(21,22)13-3-1-11(2-4-13)5-12-6-14(7-12)8-19(9-14)10-20/h1-4,10,12H,5-9H2. The zero-order chi connectivity index (χ0) is 16.9. The molecule has 0 aromatic heterocycles. The third-order valence-corrected chi connectivity index (χ3v) is 6.23. The number of halogens is 3. The van der Waals surface area contributed by atoms with Crippen molar-refractivity contribution in [2.24, 2.45) is 11.3 Å². The minimum absolute atomic E-state index is 0.241. The molecule has 1 aliphatic heterocycles. The van der Waals surface area contributed by atoms with Gasteiger partial charge in [0.15, 0.2) is 0 Å². The largest absolute Gasteiger partial charge is 0.501 e. The van der Waals surface area contributed by atoms with E-state index in [-0.39, 0.29) is 5.41 Å². The molecule has 0 unspecified atom stereocenters. The Morgan fingerprint density at radius 1 is 1.17 bits per heavy atom. The first kappa shape index (κ1) is 16.3. The number of rotatable bonds is 4. The molecule has 8 heteroatoms. The fraction of sp³-hybridized carbons (Fsp3) is 0.533. The summed E-state index contributed by atoms with van der Waals surface area (Å²) in [5.41, 5.74) is -4.20. The first-order valence-electron chi connectivity index (χ1n) is 7.25. The van der Waals surface area contributed by atoms with Gasteiger partial charge in [0, 0.05) is 18.5 Å². The molecule has 1 saturated carbocycles. The van der Waals surface area contributed by atoms with Crippen molar-refractivity contribution in [2.75, 3.05) is 13.1 Å². The number of carbonyl (C=O) groups is 1. The molecule has 1 heterocycles. The lowest BCUT2D eigenvalue weighted by molar-refractivity contribution is -0.141. The molecule has 2 fully saturated rings. The lowest BCUT2D eigenvalue weighted by Crippen LogP contribution is -2.61. The molecule has 1 aromatic carbocycles. The van der Waals surface area contributed by atoms with Crippen molar-refractivity contribution in [2.45, 2.75) is 29.7 Å². The lowest BCUT2D eigenvalue weighted by atomic mass is 9.56. The minimum atomic E-state index is -5.27. The van der Waals surface area contributed by atoms with Crippen LogP contribution in [0.15, 0.2) is 29.2 Å². The normalized spacial score (nSPS) is 20.9. The lowest BCUT2D eigenvalue weighted by Gasteiger charge is -2.58. The SMILES string of the molecule is O=CN1CC2(CC(Cc3ccc(S(=O)(=O)C(F)(F)F)cc3)C2)C1. The number of benzene rings is 1. The van der Waals surface area contributed by atoms with Gasteiger partial charge in [-0.2, -0.15) is 13.2 Å². The fourth-order valence-electron chi connectivity index (χ4n) is 3.73. The number of alkyl halides is 3. The van der Waals surface area contributed by atoms with Crippen LogP contribution in [0.4, 0.5) is 13.2 Å². The molecule has 1 spiro atoms. The molecule has 126 valence electrons. The molecular formula is C15H16F3NO3S. The van der Waals surface area contributed by atoms with Gasteiger partial charge in [0.1, 0.15) is 0 Å². The van der Waals surface area contributed by atoms with Gasteiger partial charge in [-0.3, -0.25) is 4.79 Å². The number of nitrogens with zero attached hydrogens (tertiary/aromatic N) is 1. The van der Waals surface area contributed by atoms with E-state index in [1.165, 1.54) is 12.1 Å². The van der Waals surface area contributed by atoms with Crippen molar-refractivity contribution in [3.05, 3.63) is 29.8 Å². The van der Waals surface area contributed by atoms with Crippen molar-refractivity contribution in [1.29, 1.82) is 0 Å². The Labute approximate surface area is 132 Å². The number of hydrogen-bond donors (Lipinski definition) is 0.